The average molecular weight is 371 g/mol. The molecule has 2 N–H and O–H groups in total. The lowest BCUT2D eigenvalue weighted by Crippen LogP contribution is -2.26. The molecule has 0 spiro atoms. The van der Waals surface area contributed by atoms with Crippen LogP contribution in [-0.2, 0) is 0 Å². The third-order valence-electron chi connectivity index (χ3n) is 4.07. The van der Waals surface area contributed by atoms with Crippen LogP contribution in [-0.4, -0.2) is 17.9 Å². The van der Waals surface area contributed by atoms with E-state index in [4.69, 9.17) is 11.6 Å². The van der Waals surface area contributed by atoms with Crippen molar-refractivity contribution in [3.05, 3.63) is 64.0 Å². The molecule has 25 heavy (non-hydrogen) atoms. The molecule has 0 bridgehead atoms. The van der Waals surface area contributed by atoms with Gasteiger partial charge in [0.2, 0.25) is 0 Å². The largest absolute Gasteiger partial charge is 0.349 e. The summed E-state index contributed by atoms with van der Waals surface area (Å²) in [4.78, 5) is 25.5. The maximum absolute atomic E-state index is 12.7. The minimum Gasteiger partial charge on any atom is -0.349 e. The van der Waals surface area contributed by atoms with Crippen molar-refractivity contribution in [1.82, 2.24) is 5.32 Å². The standard InChI is InChI=1S/C19H15ClN2O2S/c20-16-13-6-2-4-8-15(13)25-17(16)19(24)22-14-7-3-1-5-12(14)18(23)21-11-9-10-11/h1-8,11H,9-10H2,(H,21,23)(H,22,24). The van der Waals surface area contributed by atoms with Crippen molar-refractivity contribution >= 4 is 50.5 Å². The predicted molar refractivity (Wildman–Crippen MR) is 102 cm³/mol. The summed E-state index contributed by atoms with van der Waals surface area (Å²) >= 11 is 7.71. The van der Waals surface area contributed by atoms with E-state index < -0.39 is 0 Å². The van der Waals surface area contributed by atoms with Crippen LogP contribution in [0.15, 0.2) is 48.5 Å². The fourth-order valence-electron chi connectivity index (χ4n) is 2.62. The van der Waals surface area contributed by atoms with Gasteiger partial charge in [0.15, 0.2) is 0 Å². The van der Waals surface area contributed by atoms with Crippen LogP contribution in [0.4, 0.5) is 5.69 Å². The summed E-state index contributed by atoms with van der Waals surface area (Å²) < 4.78 is 0.956. The van der Waals surface area contributed by atoms with Gasteiger partial charge in [0.1, 0.15) is 4.88 Å². The summed E-state index contributed by atoms with van der Waals surface area (Å²) in [7, 11) is 0. The monoisotopic (exact) mass is 370 g/mol. The minimum absolute atomic E-state index is 0.166. The first-order valence-electron chi connectivity index (χ1n) is 8.02. The lowest BCUT2D eigenvalue weighted by molar-refractivity contribution is 0.0952. The van der Waals surface area contributed by atoms with E-state index in [9.17, 15) is 9.59 Å². The van der Waals surface area contributed by atoms with E-state index in [0.29, 0.717) is 21.2 Å². The Hall–Kier alpha value is -2.37. The van der Waals surface area contributed by atoms with Gasteiger partial charge in [-0.2, -0.15) is 0 Å². The molecule has 1 aliphatic carbocycles. The van der Waals surface area contributed by atoms with Crippen molar-refractivity contribution < 1.29 is 9.59 Å². The van der Waals surface area contributed by atoms with Gasteiger partial charge in [-0.05, 0) is 31.0 Å². The van der Waals surface area contributed by atoms with Gasteiger partial charge in [-0.3, -0.25) is 9.59 Å². The van der Waals surface area contributed by atoms with Crippen molar-refractivity contribution in [3.63, 3.8) is 0 Å². The van der Waals surface area contributed by atoms with Crippen molar-refractivity contribution in [2.24, 2.45) is 0 Å². The molecule has 1 aliphatic rings. The second-order valence-corrected chi connectivity index (χ2v) is 7.42. The quantitative estimate of drug-likeness (QED) is 0.699. The fourth-order valence-corrected chi connectivity index (χ4v) is 4.03. The molecule has 1 aromatic heterocycles. The highest BCUT2D eigenvalue weighted by molar-refractivity contribution is 7.21. The number of amides is 2. The molecule has 6 heteroatoms. The Morgan fingerprint density at radius 2 is 1.72 bits per heavy atom. The Labute approximate surface area is 153 Å². The number of thiophene rings is 1. The van der Waals surface area contributed by atoms with E-state index in [2.05, 4.69) is 10.6 Å². The topological polar surface area (TPSA) is 58.2 Å². The molecule has 0 aliphatic heterocycles. The number of rotatable bonds is 4. The molecule has 126 valence electrons. The first-order valence-corrected chi connectivity index (χ1v) is 9.21. The first-order chi connectivity index (χ1) is 12.1. The molecule has 3 aromatic rings. The summed E-state index contributed by atoms with van der Waals surface area (Å²) in [5.74, 6) is -0.473. The van der Waals surface area contributed by atoms with Gasteiger partial charge in [0.25, 0.3) is 11.8 Å². The van der Waals surface area contributed by atoms with Crippen LogP contribution in [0.3, 0.4) is 0 Å². The molecule has 0 unspecified atom stereocenters. The average Bonchev–Trinajstić information content (AvgIpc) is 3.37. The van der Waals surface area contributed by atoms with Gasteiger partial charge in [-0.15, -0.1) is 11.3 Å². The summed E-state index contributed by atoms with van der Waals surface area (Å²) in [5, 5.41) is 7.07. The Morgan fingerprint density at radius 3 is 2.48 bits per heavy atom. The molecule has 0 saturated heterocycles. The van der Waals surface area contributed by atoms with Crippen molar-refractivity contribution in [2.45, 2.75) is 18.9 Å². The number of benzene rings is 2. The number of nitrogens with one attached hydrogen (secondary N) is 2. The van der Waals surface area contributed by atoms with Crippen LogP contribution >= 0.6 is 22.9 Å². The lowest BCUT2D eigenvalue weighted by Gasteiger charge is -2.10. The SMILES string of the molecule is O=C(NC1CC1)c1ccccc1NC(=O)c1sc2ccccc2c1Cl. The zero-order valence-electron chi connectivity index (χ0n) is 13.2. The number of carbonyl (C=O) groups is 2. The Bertz CT molecular complexity index is 978. The summed E-state index contributed by atoms with van der Waals surface area (Å²) in [6.45, 7) is 0. The number of hydrogen-bond acceptors (Lipinski definition) is 3. The van der Waals surface area contributed by atoms with Crippen molar-refractivity contribution in [2.75, 3.05) is 5.32 Å². The van der Waals surface area contributed by atoms with Gasteiger partial charge in [-0.25, -0.2) is 0 Å². The number of para-hydroxylation sites is 1. The summed E-state index contributed by atoms with van der Waals surface area (Å²) in [5.41, 5.74) is 0.944. The van der Waals surface area contributed by atoms with Gasteiger partial charge in [0, 0.05) is 16.1 Å². The van der Waals surface area contributed by atoms with Gasteiger partial charge in [-0.1, -0.05) is 41.9 Å². The number of fused-ring (bicyclic) bond motifs is 1. The van der Waals surface area contributed by atoms with E-state index in [-0.39, 0.29) is 17.9 Å². The first kappa shape index (κ1) is 16.1. The number of hydrogen-bond donors (Lipinski definition) is 2. The molecule has 4 nitrogen and oxygen atoms in total. The summed E-state index contributed by atoms with van der Waals surface area (Å²) in [6, 6.07) is 14.9. The van der Waals surface area contributed by atoms with Gasteiger partial charge < -0.3 is 10.6 Å². The highest BCUT2D eigenvalue weighted by atomic mass is 35.5. The Morgan fingerprint density at radius 1 is 1.00 bits per heavy atom. The molecule has 1 saturated carbocycles. The number of halogens is 1. The normalized spacial score (nSPS) is 13.6. The van der Waals surface area contributed by atoms with Crippen LogP contribution in [0.25, 0.3) is 10.1 Å². The van der Waals surface area contributed by atoms with Crippen LogP contribution in [0.1, 0.15) is 32.9 Å². The smallest absolute Gasteiger partial charge is 0.267 e. The van der Waals surface area contributed by atoms with Crippen molar-refractivity contribution in [3.8, 4) is 0 Å². The molecule has 0 atom stereocenters. The third kappa shape index (κ3) is 3.25. The highest BCUT2D eigenvalue weighted by Crippen LogP contribution is 2.35. The maximum Gasteiger partial charge on any atom is 0.267 e. The van der Waals surface area contributed by atoms with E-state index in [1.807, 2.05) is 24.3 Å². The molecule has 4 rings (SSSR count). The van der Waals surface area contributed by atoms with Gasteiger partial charge >= 0.3 is 0 Å². The van der Waals surface area contributed by atoms with E-state index >= 15 is 0 Å². The zero-order chi connectivity index (χ0) is 17.4. The second-order valence-electron chi connectivity index (χ2n) is 5.99. The predicted octanol–water partition coefficient (Wildman–Crippen LogP) is 4.70. The van der Waals surface area contributed by atoms with Crippen LogP contribution in [0.5, 0.6) is 0 Å². The fraction of sp³-hybridized carbons (Fsp3) is 0.158. The summed E-state index contributed by atoms with van der Waals surface area (Å²) in [6.07, 6.45) is 2.02. The van der Waals surface area contributed by atoms with E-state index in [0.717, 1.165) is 22.9 Å². The Kier molecular flexibility index (Phi) is 4.19. The van der Waals surface area contributed by atoms with Crippen LogP contribution < -0.4 is 10.6 Å². The molecule has 0 radical (unpaired) electrons. The molecule has 1 heterocycles. The number of carbonyl (C=O) groups excluding carboxylic acids is 2. The van der Waals surface area contributed by atoms with Gasteiger partial charge in [0.05, 0.1) is 16.3 Å². The maximum atomic E-state index is 12.7. The molecule has 1 fully saturated rings. The highest BCUT2D eigenvalue weighted by Gasteiger charge is 2.25. The van der Waals surface area contributed by atoms with E-state index in [1.54, 1.807) is 24.3 Å². The molecule has 2 amide bonds. The lowest BCUT2D eigenvalue weighted by atomic mass is 10.1. The molecule has 2 aromatic carbocycles. The van der Waals surface area contributed by atoms with E-state index in [1.165, 1.54) is 11.3 Å². The minimum atomic E-state index is -0.308. The van der Waals surface area contributed by atoms with Crippen LogP contribution in [0, 0.1) is 0 Å². The van der Waals surface area contributed by atoms with Crippen molar-refractivity contribution in [1.29, 1.82) is 0 Å². The zero-order valence-corrected chi connectivity index (χ0v) is 14.8. The molecular weight excluding hydrogens is 356 g/mol. The number of anilines is 1. The third-order valence-corrected chi connectivity index (χ3v) is 5.75. The molecular formula is C19H15ClN2O2S. The van der Waals surface area contributed by atoms with Crippen LogP contribution in [0.2, 0.25) is 5.02 Å². The Balaban J connectivity index is 1.62. The second kappa shape index (κ2) is 6.50.